The number of rotatable bonds is 8. The van der Waals surface area contributed by atoms with E-state index in [4.69, 9.17) is 0 Å². The highest BCUT2D eigenvalue weighted by Gasteiger charge is 2.26. The Morgan fingerprint density at radius 1 is 1.35 bits per heavy atom. The molecule has 4 nitrogen and oxygen atoms in total. The minimum Gasteiger partial charge on any atom is -0.342 e. The van der Waals surface area contributed by atoms with Crippen molar-refractivity contribution < 1.29 is 4.79 Å². The van der Waals surface area contributed by atoms with E-state index in [1.807, 2.05) is 23.1 Å². The minimum absolute atomic E-state index is 0.249. The number of hydrogen-bond acceptors (Lipinski definition) is 3. The van der Waals surface area contributed by atoms with E-state index < -0.39 is 0 Å². The van der Waals surface area contributed by atoms with Crippen LogP contribution in [-0.4, -0.2) is 39.2 Å². The molecule has 1 fully saturated rings. The van der Waals surface area contributed by atoms with Gasteiger partial charge in [0.25, 0.3) is 0 Å². The van der Waals surface area contributed by atoms with Crippen molar-refractivity contribution in [2.75, 3.05) is 18.8 Å². The molecule has 1 amide bonds. The van der Waals surface area contributed by atoms with Crippen molar-refractivity contribution in [3.8, 4) is 0 Å². The fourth-order valence-corrected chi connectivity index (χ4v) is 3.87. The van der Waals surface area contributed by atoms with Crippen LogP contribution in [0, 0.1) is 5.92 Å². The van der Waals surface area contributed by atoms with Gasteiger partial charge in [-0.25, -0.2) is 4.98 Å². The van der Waals surface area contributed by atoms with E-state index in [2.05, 4.69) is 29.5 Å². The van der Waals surface area contributed by atoms with Gasteiger partial charge >= 0.3 is 0 Å². The zero-order chi connectivity index (χ0) is 16.2. The lowest BCUT2D eigenvalue weighted by Crippen LogP contribution is -2.35. The van der Waals surface area contributed by atoms with E-state index >= 15 is 0 Å². The van der Waals surface area contributed by atoms with E-state index in [0.29, 0.717) is 5.75 Å². The van der Waals surface area contributed by atoms with Crippen LogP contribution in [0.3, 0.4) is 0 Å². The molecule has 2 aromatic rings. The van der Waals surface area contributed by atoms with Gasteiger partial charge in [0.1, 0.15) is 0 Å². The van der Waals surface area contributed by atoms with Gasteiger partial charge < -0.3 is 9.47 Å². The van der Waals surface area contributed by atoms with Crippen molar-refractivity contribution in [2.24, 2.45) is 5.92 Å². The van der Waals surface area contributed by atoms with E-state index in [9.17, 15) is 4.79 Å². The van der Waals surface area contributed by atoms with E-state index in [-0.39, 0.29) is 5.91 Å². The van der Waals surface area contributed by atoms with Gasteiger partial charge in [-0.05, 0) is 44.2 Å². The predicted octanol–water partition coefficient (Wildman–Crippen LogP) is 3.80. The Labute approximate surface area is 142 Å². The van der Waals surface area contributed by atoms with Crippen molar-refractivity contribution in [1.82, 2.24) is 14.5 Å². The zero-order valence-electron chi connectivity index (χ0n) is 14.0. The van der Waals surface area contributed by atoms with Crippen molar-refractivity contribution in [3.63, 3.8) is 0 Å². The zero-order valence-corrected chi connectivity index (χ0v) is 14.8. The van der Waals surface area contributed by atoms with Crippen LogP contribution in [0.15, 0.2) is 29.4 Å². The molecule has 0 atom stereocenters. The lowest BCUT2D eigenvalue weighted by molar-refractivity contribution is -0.128. The number of carbonyl (C=O) groups is 1. The summed E-state index contributed by atoms with van der Waals surface area (Å²) in [6, 6.07) is 8.17. The largest absolute Gasteiger partial charge is 0.342 e. The summed E-state index contributed by atoms with van der Waals surface area (Å²) < 4.78 is 2.19. The van der Waals surface area contributed by atoms with Crippen LogP contribution in [0.1, 0.15) is 33.1 Å². The second-order valence-electron chi connectivity index (χ2n) is 6.20. The van der Waals surface area contributed by atoms with Crippen LogP contribution in [0.5, 0.6) is 0 Å². The topological polar surface area (TPSA) is 38.1 Å². The first-order valence-corrected chi connectivity index (χ1v) is 9.57. The summed E-state index contributed by atoms with van der Waals surface area (Å²) in [6.45, 7) is 6.95. The number of aromatic nitrogens is 2. The van der Waals surface area contributed by atoms with Crippen LogP contribution >= 0.6 is 11.8 Å². The molecule has 0 saturated heterocycles. The summed E-state index contributed by atoms with van der Waals surface area (Å²) in [5.41, 5.74) is 2.15. The Bertz CT molecular complexity index is 678. The molecular weight excluding hydrogens is 306 g/mol. The lowest BCUT2D eigenvalue weighted by Gasteiger charge is -2.21. The van der Waals surface area contributed by atoms with Gasteiger partial charge in [0.05, 0.1) is 16.8 Å². The Morgan fingerprint density at radius 3 is 2.83 bits per heavy atom. The highest BCUT2D eigenvalue weighted by atomic mass is 32.2. The lowest BCUT2D eigenvalue weighted by atomic mass is 10.3. The molecule has 1 aliphatic carbocycles. The van der Waals surface area contributed by atoms with Crippen LogP contribution in [-0.2, 0) is 11.3 Å². The Balaban J connectivity index is 1.67. The van der Waals surface area contributed by atoms with Crippen LogP contribution < -0.4 is 0 Å². The minimum atomic E-state index is 0.249. The summed E-state index contributed by atoms with van der Waals surface area (Å²) in [5, 5.41) is 0.949. The molecule has 0 unspecified atom stereocenters. The highest BCUT2D eigenvalue weighted by molar-refractivity contribution is 7.99. The predicted molar refractivity (Wildman–Crippen MR) is 95.7 cm³/mol. The molecule has 124 valence electrons. The third kappa shape index (κ3) is 3.89. The summed E-state index contributed by atoms with van der Waals surface area (Å²) >= 11 is 1.57. The maximum absolute atomic E-state index is 12.6. The Hall–Kier alpha value is -1.49. The van der Waals surface area contributed by atoms with Crippen LogP contribution in [0.2, 0.25) is 0 Å². The number of benzene rings is 1. The molecule has 5 heteroatoms. The second kappa shape index (κ2) is 7.39. The number of hydrogen-bond donors (Lipinski definition) is 0. The molecule has 1 heterocycles. The normalized spacial score (nSPS) is 14.3. The monoisotopic (exact) mass is 331 g/mol. The molecule has 1 aliphatic rings. The molecule has 0 aliphatic heterocycles. The quantitative estimate of drug-likeness (QED) is 0.691. The van der Waals surface area contributed by atoms with Gasteiger partial charge in [-0.1, -0.05) is 30.8 Å². The molecule has 1 aromatic carbocycles. The highest BCUT2D eigenvalue weighted by Crippen LogP contribution is 2.30. The van der Waals surface area contributed by atoms with Gasteiger partial charge in [0.2, 0.25) is 5.91 Å². The number of fused-ring (bicyclic) bond motifs is 1. The molecule has 23 heavy (non-hydrogen) atoms. The van der Waals surface area contributed by atoms with Gasteiger partial charge in [-0.3, -0.25) is 4.79 Å². The molecule has 0 bridgehead atoms. The summed E-state index contributed by atoms with van der Waals surface area (Å²) in [6.07, 6.45) is 3.59. The first kappa shape index (κ1) is 16.4. The molecule has 0 spiro atoms. The maximum atomic E-state index is 12.6. The maximum Gasteiger partial charge on any atom is 0.233 e. The number of nitrogens with zero attached hydrogens (tertiary/aromatic N) is 3. The Morgan fingerprint density at radius 2 is 2.13 bits per heavy atom. The smallest absolute Gasteiger partial charge is 0.233 e. The first-order chi connectivity index (χ1) is 11.2. The summed E-state index contributed by atoms with van der Waals surface area (Å²) in [4.78, 5) is 19.3. The molecule has 0 radical (unpaired) electrons. The fraction of sp³-hybridized carbons (Fsp3) is 0.556. The number of imidazole rings is 1. The number of para-hydroxylation sites is 2. The van der Waals surface area contributed by atoms with Crippen molar-refractivity contribution in [1.29, 1.82) is 0 Å². The first-order valence-electron chi connectivity index (χ1n) is 8.58. The van der Waals surface area contributed by atoms with Gasteiger partial charge in [-0.15, -0.1) is 0 Å². The van der Waals surface area contributed by atoms with Gasteiger partial charge in [0, 0.05) is 19.6 Å². The average Bonchev–Trinajstić information content (AvgIpc) is 3.30. The van der Waals surface area contributed by atoms with Crippen molar-refractivity contribution >= 4 is 28.7 Å². The molecule has 1 saturated carbocycles. The number of amides is 1. The van der Waals surface area contributed by atoms with E-state index in [1.54, 1.807) is 11.8 Å². The fourth-order valence-electron chi connectivity index (χ4n) is 2.89. The SMILES string of the molecule is CCCN(CC1CC1)C(=O)CSc1nc2ccccc2n1CC. The van der Waals surface area contributed by atoms with E-state index in [1.165, 1.54) is 12.8 Å². The van der Waals surface area contributed by atoms with Gasteiger partial charge in [-0.2, -0.15) is 0 Å². The van der Waals surface area contributed by atoms with Crippen LogP contribution in [0.4, 0.5) is 0 Å². The van der Waals surface area contributed by atoms with Crippen LogP contribution in [0.25, 0.3) is 11.0 Å². The molecule has 1 aromatic heterocycles. The number of thioether (sulfide) groups is 1. The number of aryl methyl sites for hydroxylation is 1. The average molecular weight is 331 g/mol. The third-order valence-corrected chi connectivity index (χ3v) is 5.24. The standard InChI is InChI=1S/C18H25N3OS/c1-3-11-20(12-14-9-10-14)17(22)13-23-18-19-15-7-5-6-8-16(15)21(18)4-2/h5-8,14H,3-4,9-13H2,1-2H3. The van der Waals surface area contributed by atoms with E-state index in [0.717, 1.165) is 48.2 Å². The summed E-state index contributed by atoms with van der Waals surface area (Å²) in [7, 11) is 0. The van der Waals surface area contributed by atoms with Crippen molar-refractivity contribution in [2.45, 2.75) is 44.8 Å². The third-order valence-electron chi connectivity index (χ3n) is 4.28. The number of carbonyl (C=O) groups excluding carboxylic acids is 1. The molecule has 3 rings (SSSR count). The van der Waals surface area contributed by atoms with Crippen molar-refractivity contribution in [3.05, 3.63) is 24.3 Å². The second-order valence-corrected chi connectivity index (χ2v) is 7.14. The Kier molecular flexibility index (Phi) is 5.26. The summed E-state index contributed by atoms with van der Waals surface area (Å²) in [5.74, 6) is 1.48. The molecule has 0 N–H and O–H groups in total. The van der Waals surface area contributed by atoms with Gasteiger partial charge in [0.15, 0.2) is 5.16 Å². The molecular formula is C18H25N3OS.